The molecule has 1 saturated heterocycles. The Morgan fingerprint density at radius 2 is 1.78 bits per heavy atom. The van der Waals surface area contributed by atoms with E-state index in [-0.39, 0.29) is 48.3 Å². The standard InChI is InChI=1S/C22H23N3O6S/c1-15-12-25(13-16(2)30-15)32(27,28)19-10-6-9-18(11-19)22(26)29-14-20-23-24-21(31-20)17-7-4-3-5-8-17/h3-11,15-16H,12-14H2,1-2H3/t15-,16-/m1/s1. The van der Waals surface area contributed by atoms with Crippen molar-refractivity contribution < 1.29 is 27.1 Å². The van der Waals surface area contributed by atoms with E-state index >= 15 is 0 Å². The average Bonchev–Trinajstić information content (AvgIpc) is 3.26. The summed E-state index contributed by atoms with van der Waals surface area (Å²) in [6.07, 6.45) is -0.422. The van der Waals surface area contributed by atoms with Crippen molar-refractivity contribution in [2.45, 2.75) is 37.6 Å². The summed E-state index contributed by atoms with van der Waals surface area (Å²) in [4.78, 5) is 12.5. The number of esters is 1. The Kier molecular flexibility index (Phi) is 6.35. The lowest BCUT2D eigenvalue weighted by Crippen LogP contribution is -2.48. The van der Waals surface area contributed by atoms with Crippen LogP contribution in [-0.4, -0.2) is 54.2 Å². The van der Waals surface area contributed by atoms with Gasteiger partial charge in [0.15, 0.2) is 6.61 Å². The molecular weight excluding hydrogens is 434 g/mol. The summed E-state index contributed by atoms with van der Waals surface area (Å²) in [5, 5.41) is 7.83. The van der Waals surface area contributed by atoms with Gasteiger partial charge in [-0.25, -0.2) is 13.2 Å². The fourth-order valence-electron chi connectivity index (χ4n) is 3.48. The van der Waals surface area contributed by atoms with Gasteiger partial charge in [0.2, 0.25) is 15.9 Å². The molecule has 0 N–H and O–H groups in total. The normalized spacial score (nSPS) is 19.6. The summed E-state index contributed by atoms with van der Waals surface area (Å²) in [7, 11) is -3.77. The first kappa shape index (κ1) is 22.1. The summed E-state index contributed by atoms with van der Waals surface area (Å²) in [6, 6.07) is 15.0. The van der Waals surface area contributed by atoms with E-state index in [0.29, 0.717) is 5.89 Å². The van der Waals surface area contributed by atoms with Crippen molar-refractivity contribution in [1.82, 2.24) is 14.5 Å². The van der Waals surface area contributed by atoms with E-state index in [4.69, 9.17) is 13.9 Å². The molecule has 2 heterocycles. The number of nitrogens with zero attached hydrogens (tertiary/aromatic N) is 3. The third-order valence-electron chi connectivity index (χ3n) is 4.91. The number of hydrogen-bond donors (Lipinski definition) is 0. The Balaban J connectivity index is 1.44. The Hall–Kier alpha value is -3.08. The van der Waals surface area contributed by atoms with Crippen LogP contribution in [0.15, 0.2) is 63.9 Å². The van der Waals surface area contributed by atoms with Gasteiger partial charge in [-0.1, -0.05) is 24.3 Å². The third kappa shape index (κ3) is 4.87. The van der Waals surface area contributed by atoms with E-state index in [1.165, 1.54) is 28.6 Å². The number of carbonyl (C=O) groups is 1. The fraction of sp³-hybridized carbons (Fsp3) is 0.318. The number of rotatable bonds is 6. The molecule has 1 fully saturated rings. The Labute approximate surface area is 186 Å². The highest BCUT2D eigenvalue weighted by Gasteiger charge is 2.32. The molecule has 3 aromatic rings. The van der Waals surface area contributed by atoms with Crippen LogP contribution in [0.25, 0.3) is 11.5 Å². The van der Waals surface area contributed by atoms with Crippen molar-refractivity contribution in [2.24, 2.45) is 0 Å². The maximum Gasteiger partial charge on any atom is 0.338 e. The lowest BCUT2D eigenvalue weighted by atomic mass is 10.2. The van der Waals surface area contributed by atoms with Crippen molar-refractivity contribution in [1.29, 1.82) is 0 Å². The number of carbonyl (C=O) groups excluding carboxylic acids is 1. The molecule has 1 aliphatic rings. The van der Waals surface area contributed by atoms with Crippen LogP contribution >= 0.6 is 0 Å². The van der Waals surface area contributed by atoms with Gasteiger partial charge >= 0.3 is 5.97 Å². The Bertz CT molecular complexity index is 1190. The molecule has 4 rings (SSSR count). The number of morpholine rings is 1. The highest BCUT2D eigenvalue weighted by molar-refractivity contribution is 7.89. The Morgan fingerprint density at radius 1 is 1.06 bits per heavy atom. The summed E-state index contributed by atoms with van der Waals surface area (Å²) in [5.74, 6) is -0.235. The number of ether oxygens (including phenoxy) is 2. The number of hydrogen-bond acceptors (Lipinski definition) is 8. The van der Waals surface area contributed by atoms with Gasteiger partial charge in [0.1, 0.15) is 0 Å². The molecule has 168 valence electrons. The lowest BCUT2D eigenvalue weighted by molar-refractivity contribution is -0.0440. The van der Waals surface area contributed by atoms with Crippen LogP contribution in [0.3, 0.4) is 0 Å². The van der Waals surface area contributed by atoms with Crippen molar-refractivity contribution >= 4 is 16.0 Å². The smallest absolute Gasteiger partial charge is 0.338 e. The molecule has 10 heteroatoms. The zero-order valence-electron chi connectivity index (χ0n) is 17.7. The molecule has 0 spiro atoms. The molecule has 0 amide bonds. The lowest BCUT2D eigenvalue weighted by Gasteiger charge is -2.34. The number of sulfonamides is 1. The van der Waals surface area contributed by atoms with Gasteiger partial charge in [-0.3, -0.25) is 0 Å². The highest BCUT2D eigenvalue weighted by Crippen LogP contribution is 2.22. The summed E-state index contributed by atoms with van der Waals surface area (Å²) in [6.45, 7) is 3.93. The van der Waals surface area contributed by atoms with Crippen molar-refractivity contribution in [3.05, 3.63) is 66.1 Å². The molecule has 0 aliphatic carbocycles. The van der Waals surface area contributed by atoms with E-state index in [0.717, 1.165) is 5.56 Å². The van der Waals surface area contributed by atoms with Crippen LogP contribution in [0, 0.1) is 0 Å². The van der Waals surface area contributed by atoms with E-state index < -0.39 is 16.0 Å². The second-order valence-electron chi connectivity index (χ2n) is 7.55. The molecule has 2 aromatic carbocycles. The van der Waals surface area contributed by atoms with Gasteiger partial charge in [0.05, 0.1) is 22.7 Å². The maximum atomic E-state index is 13.1. The quantitative estimate of drug-likeness (QED) is 0.520. The first-order chi connectivity index (χ1) is 15.3. The zero-order valence-corrected chi connectivity index (χ0v) is 18.5. The predicted molar refractivity (Wildman–Crippen MR) is 114 cm³/mol. The number of aromatic nitrogens is 2. The van der Waals surface area contributed by atoms with Gasteiger partial charge in [0.25, 0.3) is 5.89 Å². The highest BCUT2D eigenvalue weighted by atomic mass is 32.2. The van der Waals surface area contributed by atoms with Gasteiger partial charge in [-0.15, -0.1) is 10.2 Å². The maximum absolute atomic E-state index is 13.1. The molecule has 32 heavy (non-hydrogen) atoms. The molecule has 0 saturated carbocycles. The molecule has 0 bridgehead atoms. The zero-order chi connectivity index (χ0) is 22.7. The van der Waals surface area contributed by atoms with E-state index in [1.807, 2.05) is 44.2 Å². The summed E-state index contributed by atoms with van der Waals surface area (Å²) in [5.41, 5.74) is 0.866. The van der Waals surface area contributed by atoms with Crippen molar-refractivity contribution in [2.75, 3.05) is 13.1 Å². The van der Waals surface area contributed by atoms with Crippen LogP contribution in [0.1, 0.15) is 30.1 Å². The van der Waals surface area contributed by atoms with E-state index in [2.05, 4.69) is 10.2 Å². The summed E-state index contributed by atoms with van der Waals surface area (Å²) >= 11 is 0. The van der Waals surface area contributed by atoms with Crippen LogP contribution in [0.5, 0.6) is 0 Å². The third-order valence-corrected chi connectivity index (χ3v) is 6.74. The van der Waals surface area contributed by atoms with Crippen molar-refractivity contribution in [3.8, 4) is 11.5 Å². The molecule has 1 aromatic heterocycles. The van der Waals surface area contributed by atoms with Crippen LogP contribution < -0.4 is 0 Å². The SMILES string of the molecule is C[C@@H]1CN(S(=O)(=O)c2cccc(C(=O)OCc3nnc(-c4ccccc4)o3)c2)C[C@@H](C)O1. The minimum Gasteiger partial charge on any atom is -0.452 e. The minimum absolute atomic E-state index is 0.0254. The minimum atomic E-state index is -3.77. The van der Waals surface area contributed by atoms with Crippen molar-refractivity contribution in [3.63, 3.8) is 0 Å². The average molecular weight is 458 g/mol. The van der Waals surface area contributed by atoms with Crippen LogP contribution in [-0.2, 0) is 26.1 Å². The topological polar surface area (TPSA) is 112 Å². The molecule has 0 unspecified atom stereocenters. The molecule has 1 aliphatic heterocycles. The molecule has 2 atom stereocenters. The fourth-order valence-corrected chi connectivity index (χ4v) is 5.12. The van der Waals surface area contributed by atoms with Crippen LogP contribution in [0.2, 0.25) is 0 Å². The van der Waals surface area contributed by atoms with Gasteiger partial charge < -0.3 is 13.9 Å². The Morgan fingerprint density at radius 3 is 2.50 bits per heavy atom. The van der Waals surface area contributed by atoms with E-state index in [1.54, 1.807) is 0 Å². The molecule has 0 radical (unpaired) electrons. The first-order valence-electron chi connectivity index (χ1n) is 10.1. The predicted octanol–water partition coefficient (Wildman–Crippen LogP) is 2.89. The number of benzene rings is 2. The monoisotopic (exact) mass is 457 g/mol. The van der Waals surface area contributed by atoms with Gasteiger partial charge in [0, 0.05) is 18.7 Å². The van der Waals surface area contributed by atoms with E-state index in [9.17, 15) is 13.2 Å². The molecular formula is C22H23N3O6S. The van der Waals surface area contributed by atoms with Crippen LogP contribution in [0.4, 0.5) is 0 Å². The first-order valence-corrected chi connectivity index (χ1v) is 11.6. The largest absolute Gasteiger partial charge is 0.452 e. The van der Waals surface area contributed by atoms with Gasteiger partial charge in [-0.2, -0.15) is 4.31 Å². The van der Waals surface area contributed by atoms with Gasteiger partial charge in [-0.05, 0) is 44.2 Å². The summed E-state index contributed by atoms with van der Waals surface area (Å²) < 4.78 is 43.9. The second kappa shape index (κ2) is 9.19. The molecule has 9 nitrogen and oxygen atoms in total. The second-order valence-corrected chi connectivity index (χ2v) is 9.49.